The van der Waals surface area contributed by atoms with E-state index in [1.807, 2.05) is 0 Å². The summed E-state index contributed by atoms with van der Waals surface area (Å²) in [6.07, 6.45) is 4.70. The van der Waals surface area contributed by atoms with Crippen molar-refractivity contribution in [3.63, 3.8) is 0 Å². The van der Waals surface area contributed by atoms with Crippen molar-refractivity contribution in [2.75, 3.05) is 11.9 Å². The Balaban J connectivity index is 1.81. The maximum atomic E-state index is 12.8. The first-order valence-electron chi connectivity index (χ1n) is 8.31. The van der Waals surface area contributed by atoms with Crippen LogP contribution in [0.5, 0.6) is 0 Å². The topological polar surface area (TPSA) is 92.2 Å². The first-order chi connectivity index (χ1) is 12.0. The highest BCUT2D eigenvalue weighted by Gasteiger charge is 2.31. The summed E-state index contributed by atoms with van der Waals surface area (Å²) >= 11 is 1.25. The molecular weight excluding hydrogens is 338 g/mol. The molecule has 2 aromatic rings. The summed E-state index contributed by atoms with van der Waals surface area (Å²) in [5, 5.41) is 14.5. The van der Waals surface area contributed by atoms with Gasteiger partial charge in [-0.3, -0.25) is 9.59 Å². The van der Waals surface area contributed by atoms with E-state index in [2.05, 4.69) is 22.2 Å². The molecule has 132 valence electrons. The van der Waals surface area contributed by atoms with Crippen LogP contribution in [0.15, 0.2) is 24.0 Å². The Kier molecular flexibility index (Phi) is 5.24. The van der Waals surface area contributed by atoms with Crippen molar-refractivity contribution < 1.29 is 14.7 Å². The lowest BCUT2D eigenvalue weighted by Gasteiger charge is -2.15. The predicted molar refractivity (Wildman–Crippen MR) is 96.2 cm³/mol. The number of nitrogens with one attached hydrogen (secondary N) is 1. The summed E-state index contributed by atoms with van der Waals surface area (Å²) in [5.74, 6) is 0.958. The number of nitrogens with zero attached hydrogens (tertiary/aromatic N) is 2. The first-order valence-corrected chi connectivity index (χ1v) is 9.19. The molecule has 25 heavy (non-hydrogen) atoms. The molecule has 0 spiro atoms. The average molecular weight is 359 g/mol. The largest absolute Gasteiger partial charge is 0.396 e. The maximum absolute atomic E-state index is 12.8. The zero-order chi connectivity index (χ0) is 18.0. The van der Waals surface area contributed by atoms with E-state index in [1.165, 1.54) is 30.8 Å². The van der Waals surface area contributed by atoms with Gasteiger partial charge in [0.1, 0.15) is 12.1 Å². The second-order valence-electron chi connectivity index (χ2n) is 6.60. The van der Waals surface area contributed by atoms with E-state index in [0.29, 0.717) is 27.7 Å². The van der Waals surface area contributed by atoms with Crippen molar-refractivity contribution in [1.29, 1.82) is 0 Å². The number of carbonyl (C=O) groups is 2. The van der Waals surface area contributed by atoms with Crippen molar-refractivity contribution in [3.05, 3.63) is 40.0 Å². The number of hydrogen-bond donors (Lipinski definition) is 2. The van der Waals surface area contributed by atoms with Crippen LogP contribution in [0.2, 0.25) is 0 Å². The van der Waals surface area contributed by atoms with Gasteiger partial charge >= 0.3 is 0 Å². The third-order valence-electron chi connectivity index (χ3n) is 4.81. The Morgan fingerprint density at radius 1 is 1.40 bits per heavy atom. The van der Waals surface area contributed by atoms with Crippen molar-refractivity contribution in [3.8, 4) is 0 Å². The van der Waals surface area contributed by atoms with Crippen molar-refractivity contribution in [1.82, 2.24) is 9.97 Å². The van der Waals surface area contributed by atoms with E-state index in [4.69, 9.17) is 0 Å². The number of aliphatic hydroxyl groups excluding tert-OH is 1. The fourth-order valence-electron chi connectivity index (χ4n) is 3.28. The zero-order valence-electron chi connectivity index (χ0n) is 14.2. The number of aliphatic hydroxyl groups is 1. The molecule has 2 aromatic heterocycles. The third-order valence-corrected chi connectivity index (χ3v) is 5.74. The number of thiophene rings is 1. The Labute approximate surface area is 150 Å². The normalized spacial score (nSPS) is 22.8. The SMILES string of the molecule is CC(=O)c1csc(C(=O)c2cncnc2N[C@@H]2C[C@H](CO)[C@@H](C)C2)c1. The van der Waals surface area contributed by atoms with Gasteiger partial charge in [0.05, 0.1) is 10.4 Å². The number of carbonyl (C=O) groups excluding carboxylic acids is 2. The minimum absolute atomic E-state index is 0.0621. The van der Waals surface area contributed by atoms with Crippen LogP contribution in [0.4, 0.5) is 5.82 Å². The van der Waals surface area contributed by atoms with Gasteiger partial charge in [-0.2, -0.15) is 0 Å². The van der Waals surface area contributed by atoms with Gasteiger partial charge in [0, 0.05) is 29.8 Å². The molecule has 0 aromatic carbocycles. The van der Waals surface area contributed by atoms with Crippen LogP contribution in [-0.2, 0) is 0 Å². The van der Waals surface area contributed by atoms with E-state index in [1.54, 1.807) is 11.4 Å². The van der Waals surface area contributed by atoms with Gasteiger partial charge in [-0.1, -0.05) is 6.92 Å². The average Bonchev–Trinajstić information content (AvgIpc) is 3.21. The van der Waals surface area contributed by atoms with Gasteiger partial charge in [0.15, 0.2) is 5.78 Å². The molecule has 0 saturated heterocycles. The van der Waals surface area contributed by atoms with Crippen molar-refractivity contribution >= 4 is 28.7 Å². The summed E-state index contributed by atoms with van der Waals surface area (Å²) in [4.78, 5) is 33.0. The van der Waals surface area contributed by atoms with Crippen molar-refractivity contribution in [2.24, 2.45) is 11.8 Å². The van der Waals surface area contributed by atoms with Crippen LogP contribution in [0, 0.1) is 11.8 Å². The molecule has 3 atom stereocenters. The summed E-state index contributed by atoms with van der Waals surface area (Å²) in [7, 11) is 0. The molecule has 1 aliphatic rings. The minimum atomic E-state index is -0.189. The highest BCUT2D eigenvalue weighted by molar-refractivity contribution is 7.12. The van der Waals surface area contributed by atoms with Crippen LogP contribution >= 0.6 is 11.3 Å². The standard InChI is InChI=1S/C18H21N3O3S/c1-10-3-14(4-12(10)7-22)21-18-15(6-19-9-20-18)17(24)16-5-13(8-25-16)11(2)23/h5-6,8-10,12,14,22H,3-4,7H2,1-2H3,(H,19,20,21)/t10-,12+,14-/m0/s1. The summed E-state index contributed by atoms with van der Waals surface area (Å²) in [6, 6.07) is 1.79. The molecule has 6 nitrogen and oxygen atoms in total. The molecule has 2 heterocycles. The van der Waals surface area contributed by atoms with E-state index in [0.717, 1.165) is 12.8 Å². The second-order valence-corrected chi connectivity index (χ2v) is 7.51. The molecule has 0 bridgehead atoms. The first kappa shape index (κ1) is 17.7. The summed E-state index contributed by atoms with van der Waals surface area (Å²) in [5.41, 5.74) is 0.940. The number of anilines is 1. The highest BCUT2D eigenvalue weighted by atomic mass is 32.1. The molecule has 0 unspecified atom stereocenters. The van der Waals surface area contributed by atoms with Crippen LogP contribution in [-0.4, -0.2) is 39.3 Å². The molecular formula is C18H21N3O3S. The zero-order valence-corrected chi connectivity index (χ0v) is 15.0. The molecule has 1 saturated carbocycles. The Bertz CT molecular complexity index is 789. The number of hydrogen-bond acceptors (Lipinski definition) is 7. The van der Waals surface area contributed by atoms with Crippen LogP contribution in [0.1, 0.15) is 52.3 Å². The minimum Gasteiger partial charge on any atom is -0.396 e. The summed E-state index contributed by atoms with van der Waals surface area (Å²) in [6.45, 7) is 3.79. The lowest BCUT2D eigenvalue weighted by molar-refractivity contribution is 0.101. The van der Waals surface area contributed by atoms with Gasteiger partial charge in [0.25, 0.3) is 0 Å². The number of rotatable bonds is 6. The van der Waals surface area contributed by atoms with Crippen molar-refractivity contribution in [2.45, 2.75) is 32.7 Å². The Morgan fingerprint density at radius 2 is 2.20 bits per heavy atom. The maximum Gasteiger partial charge on any atom is 0.208 e. The molecule has 0 amide bonds. The monoisotopic (exact) mass is 359 g/mol. The third kappa shape index (κ3) is 3.77. The molecule has 7 heteroatoms. The molecule has 0 radical (unpaired) electrons. The highest BCUT2D eigenvalue weighted by Crippen LogP contribution is 2.33. The molecule has 1 aliphatic carbocycles. The van der Waals surface area contributed by atoms with E-state index in [9.17, 15) is 14.7 Å². The van der Waals surface area contributed by atoms with Crippen LogP contribution in [0.25, 0.3) is 0 Å². The van der Waals surface area contributed by atoms with Gasteiger partial charge in [-0.15, -0.1) is 11.3 Å². The van der Waals surface area contributed by atoms with E-state index >= 15 is 0 Å². The Morgan fingerprint density at radius 3 is 2.84 bits per heavy atom. The second kappa shape index (κ2) is 7.41. The van der Waals surface area contributed by atoms with E-state index < -0.39 is 0 Å². The molecule has 1 fully saturated rings. The van der Waals surface area contributed by atoms with Gasteiger partial charge in [0.2, 0.25) is 5.78 Å². The van der Waals surface area contributed by atoms with Crippen LogP contribution in [0.3, 0.4) is 0 Å². The van der Waals surface area contributed by atoms with Gasteiger partial charge < -0.3 is 10.4 Å². The van der Waals surface area contributed by atoms with Gasteiger partial charge in [-0.25, -0.2) is 9.97 Å². The summed E-state index contributed by atoms with van der Waals surface area (Å²) < 4.78 is 0. The lowest BCUT2D eigenvalue weighted by Crippen LogP contribution is -2.19. The smallest absolute Gasteiger partial charge is 0.208 e. The lowest BCUT2D eigenvalue weighted by atomic mass is 10.00. The van der Waals surface area contributed by atoms with Crippen LogP contribution < -0.4 is 5.32 Å². The molecule has 0 aliphatic heterocycles. The van der Waals surface area contributed by atoms with E-state index in [-0.39, 0.29) is 30.1 Å². The Hall–Kier alpha value is -2.12. The predicted octanol–water partition coefficient (Wildman–Crippen LogP) is 2.79. The number of Topliss-reactive ketones (excluding diaryl/α,β-unsaturated/α-hetero) is 1. The fraction of sp³-hybridized carbons (Fsp3) is 0.444. The van der Waals surface area contributed by atoms with Gasteiger partial charge in [-0.05, 0) is 37.7 Å². The fourth-order valence-corrected chi connectivity index (χ4v) is 4.18. The molecule has 3 rings (SSSR count). The quantitative estimate of drug-likeness (QED) is 0.771. The number of ketones is 2. The number of aromatic nitrogens is 2. The molecule has 2 N–H and O–H groups in total.